The third-order valence-corrected chi connectivity index (χ3v) is 2.91. The second-order valence-corrected chi connectivity index (χ2v) is 4.74. The van der Waals surface area contributed by atoms with E-state index in [9.17, 15) is 4.39 Å². The van der Waals surface area contributed by atoms with Crippen molar-refractivity contribution >= 4 is 5.71 Å². The first kappa shape index (κ1) is 17.6. The first-order chi connectivity index (χ1) is 9.13. The summed E-state index contributed by atoms with van der Waals surface area (Å²) in [5, 5.41) is 4.26. The number of hydrogen-bond acceptors (Lipinski definition) is 2. The molecule has 108 valence electrons. The summed E-state index contributed by atoms with van der Waals surface area (Å²) in [5.74, 6) is 0.540. The van der Waals surface area contributed by atoms with Crippen molar-refractivity contribution < 1.29 is 4.39 Å². The minimum Gasteiger partial charge on any atom is -0.310 e. The van der Waals surface area contributed by atoms with E-state index in [1.54, 1.807) is 12.2 Å². The molecule has 0 fully saturated rings. The first-order valence-electron chi connectivity index (χ1n) is 6.92. The SMILES string of the molecule is C=C/C(C/C=C/CF)=N\NCC(C)C/C=C(/C)CC. The van der Waals surface area contributed by atoms with Crippen LogP contribution < -0.4 is 5.43 Å². The Hall–Kier alpha value is -1.38. The monoisotopic (exact) mass is 266 g/mol. The van der Waals surface area contributed by atoms with Gasteiger partial charge in [-0.3, -0.25) is 0 Å². The van der Waals surface area contributed by atoms with Gasteiger partial charge in [-0.15, -0.1) is 0 Å². The van der Waals surface area contributed by atoms with Crippen LogP contribution in [0, 0.1) is 5.92 Å². The Bertz CT molecular complexity index is 330. The Morgan fingerprint density at radius 2 is 2.16 bits per heavy atom. The molecule has 0 spiro atoms. The molecule has 0 radical (unpaired) electrons. The third kappa shape index (κ3) is 10.2. The first-order valence-corrected chi connectivity index (χ1v) is 6.92. The van der Waals surface area contributed by atoms with E-state index in [0.717, 1.165) is 25.1 Å². The zero-order valence-electron chi connectivity index (χ0n) is 12.5. The van der Waals surface area contributed by atoms with Crippen molar-refractivity contribution in [3.8, 4) is 0 Å². The normalized spacial score (nSPS) is 14.7. The van der Waals surface area contributed by atoms with Crippen LogP contribution >= 0.6 is 0 Å². The Kier molecular flexibility index (Phi) is 10.8. The van der Waals surface area contributed by atoms with Crippen molar-refractivity contribution in [3.05, 3.63) is 36.5 Å². The van der Waals surface area contributed by atoms with Gasteiger partial charge in [-0.2, -0.15) is 5.10 Å². The highest BCUT2D eigenvalue weighted by atomic mass is 19.1. The summed E-state index contributed by atoms with van der Waals surface area (Å²) in [6.45, 7) is 10.6. The van der Waals surface area contributed by atoms with Crippen LogP contribution in [0.1, 0.15) is 40.0 Å². The molecular formula is C16H27FN2. The van der Waals surface area contributed by atoms with E-state index in [1.807, 2.05) is 0 Å². The molecule has 1 N–H and O–H groups in total. The van der Waals surface area contributed by atoms with E-state index in [0.29, 0.717) is 12.3 Å². The van der Waals surface area contributed by atoms with Crippen LogP contribution in [0.5, 0.6) is 0 Å². The number of halogens is 1. The summed E-state index contributed by atoms with van der Waals surface area (Å²) in [6, 6.07) is 0. The number of hydrazone groups is 1. The molecule has 0 bridgehead atoms. The molecule has 0 saturated heterocycles. The highest BCUT2D eigenvalue weighted by molar-refractivity contribution is 5.95. The molecule has 0 aromatic carbocycles. The minimum atomic E-state index is -0.433. The van der Waals surface area contributed by atoms with Crippen LogP contribution in [0.3, 0.4) is 0 Å². The molecule has 0 heterocycles. The van der Waals surface area contributed by atoms with Crippen LogP contribution in [-0.4, -0.2) is 18.9 Å². The lowest BCUT2D eigenvalue weighted by atomic mass is 10.1. The van der Waals surface area contributed by atoms with Gasteiger partial charge in [0.1, 0.15) is 6.67 Å². The lowest BCUT2D eigenvalue weighted by Gasteiger charge is -2.09. The molecule has 1 unspecified atom stereocenters. The Morgan fingerprint density at radius 1 is 1.42 bits per heavy atom. The molecule has 0 aliphatic rings. The van der Waals surface area contributed by atoms with Crippen molar-refractivity contribution in [2.24, 2.45) is 11.0 Å². The van der Waals surface area contributed by atoms with E-state index in [-0.39, 0.29) is 0 Å². The Labute approximate surface area is 117 Å². The molecule has 0 saturated carbocycles. The summed E-state index contributed by atoms with van der Waals surface area (Å²) < 4.78 is 11.9. The second kappa shape index (κ2) is 11.7. The molecule has 19 heavy (non-hydrogen) atoms. The number of nitrogens with one attached hydrogen (secondary N) is 1. The largest absolute Gasteiger partial charge is 0.310 e. The summed E-state index contributed by atoms with van der Waals surface area (Å²) in [6.07, 6.45) is 10.0. The summed E-state index contributed by atoms with van der Waals surface area (Å²) >= 11 is 0. The van der Waals surface area contributed by atoms with Gasteiger partial charge in [0.15, 0.2) is 0 Å². The molecular weight excluding hydrogens is 239 g/mol. The Balaban J connectivity index is 4.02. The van der Waals surface area contributed by atoms with Gasteiger partial charge in [0.05, 0.1) is 5.71 Å². The number of hydrogen-bond donors (Lipinski definition) is 1. The third-order valence-electron chi connectivity index (χ3n) is 2.91. The summed E-state index contributed by atoms with van der Waals surface area (Å²) in [7, 11) is 0. The quantitative estimate of drug-likeness (QED) is 0.353. The van der Waals surface area contributed by atoms with Gasteiger partial charge in [-0.1, -0.05) is 44.2 Å². The molecule has 0 aromatic heterocycles. The number of alkyl halides is 1. The smallest absolute Gasteiger partial charge is 0.108 e. The minimum absolute atomic E-state index is 0.433. The number of rotatable bonds is 10. The second-order valence-electron chi connectivity index (χ2n) is 4.74. The molecule has 2 nitrogen and oxygen atoms in total. The van der Waals surface area contributed by atoms with Gasteiger partial charge in [0.2, 0.25) is 0 Å². The molecule has 1 atom stereocenters. The molecule has 0 aliphatic heterocycles. The van der Waals surface area contributed by atoms with Crippen LogP contribution in [-0.2, 0) is 0 Å². The van der Waals surface area contributed by atoms with Gasteiger partial charge >= 0.3 is 0 Å². The molecule has 0 aromatic rings. The maximum absolute atomic E-state index is 11.9. The molecule has 0 amide bonds. The molecule has 0 rings (SSSR count). The number of nitrogens with zero attached hydrogens (tertiary/aromatic N) is 1. The van der Waals surface area contributed by atoms with Gasteiger partial charge in [0.25, 0.3) is 0 Å². The molecule has 3 heteroatoms. The highest BCUT2D eigenvalue weighted by Crippen LogP contribution is 2.06. The van der Waals surface area contributed by atoms with E-state index in [1.165, 1.54) is 11.6 Å². The molecule has 0 aliphatic carbocycles. The van der Waals surface area contributed by atoms with Gasteiger partial charge in [0, 0.05) is 13.0 Å². The van der Waals surface area contributed by atoms with Crippen LogP contribution in [0.2, 0.25) is 0 Å². The van der Waals surface area contributed by atoms with Crippen LogP contribution in [0.4, 0.5) is 4.39 Å². The van der Waals surface area contributed by atoms with E-state index in [2.05, 4.69) is 44.0 Å². The average Bonchev–Trinajstić information content (AvgIpc) is 2.43. The lowest BCUT2D eigenvalue weighted by molar-refractivity contribution is 0.530. The summed E-state index contributed by atoms with van der Waals surface area (Å²) in [5.41, 5.74) is 5.32. The van der Waals surface area contributed by atoms with E-state index >= 15 is 0 Å². The van der Waals surface area contributed by atoms with E-state index < -0.39 is 6.67 Å². The highest BCUT2D eigenvalue weighted by Gasteiger charge is 1.99. The van der Waals surface area contributed by atoms with Gasteiger partial charge in [-0.05, 0) is 31.8 Å². The van der Waals surface area contributed by atoms with Crippen LogP contribution in [0.25, 0.3) is 0 Å². The fraction of sp³-hybridized carbons (Fsp3) is 0.562. The lowest BCUT2D eigenvalue weighted by Crippen LogP contribution is -2.17. The predicted octanol–water partition coefficient (Wildman–Crippen LogP) is 4.42. The zero-order chi connectivity index (χ0) is 14.5. The maximum Gasteiger partial charge on any atom is 0.108 e. The fourth-order valence-corrected chi connectivity index (χ4v) is 1.37. The van der Waals surface area contributed by atoms with Crippen LogP contribution in [0.15, 0.2) is 41.6 Å². The van der Waals surface area contributed by atoms with Gasteiger partial charge in [-0.25, -0.2) is 4.39 Å². The van der Waals surface area contributed by atoms with E-state index in [4.69, 9.17) is 0 Å². The number of allylic oxidation sites excluding steroid dienone is 5. The topological polar surface area (TPSA) is 24.4 Å². The van der Waals surface area contributed by atoms with Crippen molar-refractivity contribution in [3.63, 3.8) is 0 Å². The average molecular weight is 266 g/mol. The maximum atomic E-state index is 11.9. The van der Waals surface area contributed by atoms with Gasteiger partial charge < -0.3 is 5.43 Å². The van der Waals surface area contributed by atoms with Crippen molar-refractivity contribution in [2.45, 2.75) is 40.0 Å². The Morgan fingerprint density at radius 3 is 2.74 bits per heavy atom. The predicted molar refractivity (Wildman–Crippen MR) is 83.2 cm³/mol. The van der Waals surface area contributed by atoms with Crippen molar-refractivity contribution in [1.29, 1.82) is 0 Å². The summed E-state index contributed by atoms with van der Waals surface area (Å²) in [4.78, 5) is 0. The fourth-order valence-electron chi connectivity index (χ4n) is 1.37. The zero-order valence-corrected chi connectivity index (χ0v) is 12.5. The van der Waals surface area contributed by atoms with Crippen molar-refractivity contribution in [1.82, 2.24) is 5.43 Å². The standard InChI is InChI=1S/C16H27FN2/c1-5-14(3)10-11-15(4)13-18-19-16(6-2)9-7-8-12-17/h6-8,10,15,18H,2,5,9,11-13H2,1,3-4H3/b8-7+,14-10-,19-16+. The van der Waals surface area contributed by atoms with Crippen molar-refractivity contribution in [2.75, 3.05) is 13.2 Å².